The largest absolute Gasteiger partial charge is 0.291 e. The van der Waals surface area contributed by atoms with E-state index in [9.17, 15) is 4.79 Å². The third kappa shape index (κ3) is 3.37. The van der Waals surface area contributed by atoms with Crippen LogP contribution in [0.5, 0.6) is 0 Å². The average Bonchev–Trinajstić information content (AvgIpc) is 2.46. The van der Waals surface area contributed by atoms with Crippen molar-refractivity contribution in [2.75, 3.05) is 0 Å². The van der Waals surface area contributed by atoms with Crippen molar-refractivity contribution >= 4 is 29.0 Å². The van der Waals surface area contributed by atoms with E-state index in [1.54, 1.807) is 12.1 Å². The third-order valence-electron chi connectivity index (χ3n) is 3.19. The second-order valence-corrected chi connectivity index (χ2v) is 5.52. The first kappa shape index (κ1) is 14.1. The number of Topliss-reactive ketones (excluding diaryl/α,β-unsaturated/α-hetero) is 1. The van der Waals surface area contributed by atoms with Crippen LogP contribution < -0.4 is 0 Å². The zero-order valence-electron chi connectivity index (χ0n) is 10.5. The molecule has 1 atom stereocenters. The highest BCUT2D eigenvalue weighted by atomic mass is 35.5. The van der Waals surface area contributed by atoms with Gasteiger partial charge >= 0.3 is 0 Å². The molecule has 0 aliphatic rings. The molecule has 2 aromatic rings. The summed E-state index contributed by atoms with van der Waals surface area (Å²) >= 11 is 11.2. The second-order valence-electron chi connectivity index (χ2n) is 4.42. The van der Waals surface area contributed by atoms with Gasteiger partial charge in [-0.2, -0.15) is 0 Å². The molecule has 3 heteroatoms. The van der Waals surface area contributed by atoms with Crippen molar-refractivity contribution in [2.24, 2.45) is 0 Å². The molecule has 0 spiro atoms. The Balaban J connectivity index is 2.21. The van der Waals surface area contributed by atoms with Crippen molar-refractivity contribution in [3.63, 3.8) is 0 Å². The molecule has 0 heterocycles. The van der Waals surface area contributed by atoms with E-state index in [1.807, 2.05) is 30.3 Å². The smallest absolute Gasteiger partial charge is 0.195 e. The summed E-state index contributed by atoms with van der Waals surface area (Å²) < 4.78 is 0. The molecule has 2 aromatic carbocycles. The van der Waals surface area contributed by atoms with E-state index >= 15 is 0 Å². The van der Waals surface area contributed by atoms with Gasteiger partial charge in [-0.1, -0.05) is 84.7 Å². The Labute approximate surface area is 123 Å². The molecule has 98 valence electrons. The summed E-state index contributed by atoms with van der Waals surface area (Å²) in [7, 11) is 0. The molecule has 1 unspecified atom stereocenters. The summed E-state index contributed by atoms with van der Waals surface area (Å²) in [6.07, 6.45) is 0. The fraction of sp³-hybridized carbons (Fsp3) is 0.188. The number of hydrogen-bond acceptors (Lipinski definition) is 1. The van der Waals surface area contributed by atoms with Crippen LogP contribution in [0.15, 0.2) is 54.6 Å². The minimum atomic E-state index is -1.00. The van der Waals surface area contributed by atoms with Gasteiger partial charge in [0, 0.05) is 11.5 Å². The number of benzene rings is 2. The number of halogens is 2. The molecule has 0 saturated carbocycles. The van der Waals surface area contributed by atoms with Crippen molar-refractivity contribution in [1.29, 1.82) is 0 Å². The molecule has 0 aromatic heterocycles. The number of ketones is 1. The van der Waals surface area contributed by atoms with Crippen LogP contribution in [0.3, 0.4) is 0 Å². The number of hydrogen-bond donors (Lipinski definition) is 0. The SMILES string of the molecule is CC(c1ccccc1)c1ccc(C(=O)C(Cl)Cl)cc1. The molecule has 0 saturated heterocycles. The predicted molar refractivity (Wildman–Crippen MR) is 80.2 cm³/mol. The van der Waals surface area contributed by atoms with Gasteiger partial charge in [-0.05, 0) is 11.1 Å². The van der Waals surface area contributed by atoms with E-state index in [0.29, 0.717) is 5.56 Å². The first-order valence-corrected chi connectivity index (χ1v) is 6.94. The maximum atomic E-state index is 11.6. The van der Waals surface area contributed by atoms with E-state index in [-0.39, 0.29) is 11.7 Å². The van der Waals surface area contributed by atoms with Gasteiger partial charge in [-0.25, -0.2) is 0 Å². The van der Waals surface area contributed by atoms with Gasteiger partial charge in [-0.15, -0.1) is 0 Å². The minimum absolute atomic E-state index is 0.262. The Morgan fingerprint density at radius 1 is 0.895 bits per heavy atom. The van der Waals surface area contributed by atoms with E-state index in [4.69, 9.17) is 23.2 Å². The maximum absolute atomic E-state index is 11.6. The van der Waals surface area contributed by atoms with Crippen molar-refractivity contribution in [3.05, 3.63) is 71.3 Å². The van der Waals surface area contributed by atoms with Crippen molar-refractivity contribution in [3.8, 4) is 0 Å². The molecular weight excluding hydrogens is 279 g/mol. The monoisotopic (exact) mass is 292 g/mol. The Kier molecular flexibility index (Phi) is 4.62. The van der Waals surface area contributed by atoms with E-state index in [1.165, 1.54) is 5.56 Å². The van der Waals surface area contributed by atoms with Crippen LogP contribution in [0.2, 0.25) is 0 Å². The second kappa shape index (κ2) is 6.23. The molecule has 0 bridgehead atoms. The van der Waals surface area contributed by atoms with E-state index < -0.39 is 4.84 Å². The summed E-state index contributed by atoms with van der Waals surface area (Å²) in [6, 6.07) is 17.7. The fourth-order valence-electron chi connectivity index (χ4n) is 2.00. The van der Waals surface area contributed by atoms with Crippen LogP contribution in [0.25, 0.3) is 0 Å². The summed E-state index contributed by atoms with van der Waals surface area (Å²) in [5, 5.41) is 0. The topological polar surface area (TPSA) is 17.1 Å². The molecule has 1 nitrogen and oxygen atoms in total. The maximum Gasteiger partial charge on any atom is 0.195 e. The Bertz CT molecular complexity index is 547. The van der Waals surface area contributed by atoms with Crippen LogP contribution >= 0.6 is 23.2 Å². The number of alkyl halides is 2. The molecule has 19 heavy (non-hydrogen) atoms. The van der Waals surface area contributed by atoms with Gasteiger partial charge in [0.2, 0.25) is 0 Å². The quantitative estimate of drug-likeness (QED) is 0.583. The van der Waals surface area contributed by atoms with Gasteiger partial charge < -0.3 is 0 Å². The summed E-state index contributed by atoms with van der Waals surface area (Å²) in [5.74, 6) is 0.0235. The zero-order valence-corrected chi connectivity index (χ0v) is 12.0. The van der Waals surface area contributed by atoms with Crippen LogP contribution in [0, 0.1) is 0 Å². The van der Waals surface area contributed by atoms with Gasteiger partial charge in [0.1, 0.15) is 0 Å². The Hall–Kier alpha value is -1.31. The summed E-state index contributed by atoms with van der Waals surface area (Å²) in [5.41, 5.74) is 2.94. The Morgan fingerprint density at radius 3 is 1.95 bits per heavy atom. The van der Waals surface area contributed by atoms with Gasteiger partial charge in [0.15, 0.2) is 10.6 Å². The third-order valence-corrected chi connectivity index (χ3v) is 3.59. The minimum Gasteiger partial charge on any atom is -0.291 e. The number of rotatable bonds is 4. The lowest BCUT2D eigenvalue weighted by Crippen LogP contribution is -2.08. The normalized spacial score (nSPS) is 12.4. The molecule has 0 radical (unpaired) electrons. The van der Waals surface area contributed by atoms with Crippen LogP contribution in [-0.4, -0.2) is 10.6 Å². The molecule has 0 N–H and O–H groups in total. The molecule has 0 amide bonds. The lowest BCUT2D eigenvalue weighted by atomic mass is 9.92. The molecule has 0 aliphatic carbocycles. The highest BCUT2D eigenvalue weighted by Gasteiger charge is 2.15. The fourth-order valence-corrected chi connectivity index (χ4v) is 2.25. The zero-order chi connectivity index (χ0) is 13.8. The first-order chi connectivity index (χ1) is 9.09. The van der Waals surface area contributed by atoms with Crippen LogP contribution in [0.1, 0.15) is 34.3 Å². The van der Waals surface area contributed by atoms with Gasteiger partial charge in [-0.3, -0.25) is 4.79 Å². The highest BCUT2D eigenvalue weighted by Crippen LogP contribution is 2.24. The van der Waals surface area contributed by atoms with E-state index in [0.717, 1.165) is 5.56 Å². The standard InChI is InChI=1S/C16H14Cl2O/c1-11(12-5-3-2-4-6-12)13-7-9-14(10-8-13)15(19)16(17)18/h2-11,16H,1H3. The first-order valence-electron chi connectivity index (χ1n) is 6.07. The predicted octanol–water partition coefficient (Wildman–Crippen LogP) is 4.82. The lowest BCUT2D eigenvalue weighted by Gasteiger charge is -2.13. The van der Waals surface area contributed by atoms with Crippen molar-refractivity contribution in [2.45, 2.75) is 17.7 Å². The number of carbonyl (C=O) groups is 1. The molecular formula is C16H14Cl2O. The average molecular weight is 293 g/mol. The summed E-state index contributed by atoms with van der Waals surface area (Å²) in [4.78, 5) is 10.6. The van der Waals surface area contributed by atoms with Gasteiger partial charge in [0.05, 0.1) is 0 Å². The van der Waals surface area contributed by atoms with Crippen molar-refractivity contribution in [1.82, 2.24) is 0 Å². The van der Waals surface area contributed by atoms with Gasteiger partial charge in [0.25, 0.3) is 0 Å². The molecule has 2 rings (SSSR count). The highest BCUT2D eigenvalue weighted by molar-refractivity contribution is 6.55. The number of carbonyl (C=O) groups excluding carboxylic acids is 1. The van der Waals surface area contributed by atoms with Crippen molar-refractivity contribution < 1.29 is 4.79 Å². The summed E-state index contributed by atoms with van der Waals surface area (Å²) in [6.45, 7) is 2.14. The van der Waals surface area contributed by atoms with E-state index in [2.05, 4.69) is 19.1 Å². The molecule has 0 fully saturated rings. The lowest BCUT2D eigenvalue weighted by molar-refractivity contribution is 0.101. The molecule has 0 aliphatic heterocycles. The Morgan fingerprint density at radius 2 is 1.42 bits per heavy atom. The van der Waals surface area contributed by atoms with Crippen LogP contribution in [0.4, 0.5) is 0 Å². The van der Waals surface area contributed by atoms with Crippen LogP contribution in [-0.2, 0) is 0 Å².